The van der Waals surface area contributed by atoms with E-state index in [9.17, 15) is 0 Å². The second kappa shape index (κ2) is 14.9. The predicted molar refractivity (Wildman–Crippen MR) is 131 cm³/mol. The molecule has 184 valence electrons. The van der Waals surface area contributed by atoms with Crippen LogP contribution in [0.3, 0.4) is 0 Å². The number of hydrogen-bond acceptors (Lipinski definition) is 2. The Labute approximate surface area is 203 Å². The lowest BCUT2D eigenvalue weighted by Crippen LogP contribution is -3.00. The fourth-order valence-electron chi connectivity index (χ4n) is 4.20. The second-order valence-corrected chi connectivity index (χ2v) is 10.3. The molecule has 0 saturated heterocycles. The highest BCUT2D eigenvalue weighted by Crippen LogP contribution is 2.29. The first-order valence-corrected chi connectivity index (χ1v) is 11.7. The van der Waals surface area contributed by atoms with Gasteiger partial charge in [0.05, 0.1) is 39.5 Å². The summed E-state index contributed by atoms with van der Waals surface area (Å²) in [5.41, 5.74) is 2.67. The van der Waals surface area contributed by atoms with E-state index in [1.165, 1.54) is 11.1 Å². The molecular weight excluding hydrogens is 422 g/mol. The maximum atomic E-state index is 6.28. The molecule has 1 aliphatic carbocycles. The van der Waals surface area contributed by atoms with Crippen LogP contribution in [-0.4, -0.2) is 56.0 Å². The van der Waals surface area contributed by atoms with Crippen molar-refractivity contribution in [3.05, 3.63) is 59.7 Å². The molecule has 0 fully saturated rings. The van der Waals surface area contributed by atoms with Crippen molar-refractivity contribution in [2.45, 2.75) is 59.1 Å². The molecule has 1 aromatic carbocycles. The van der Waals surface area contributed by atoms with Gasteiger partial charge in [-0.1, -0.05) is 76.3 Å². The summed E-state index contributed by atoms with van der Waals surface area (Å²) in [6.45, 7) is 13.1. The van der Waals surface area contributed by atoms with Gasteiger partial charge in [-0.05, 0) is 36.7 Å². The van der Waals surface area contributed by atoms with Crippen LogP contribution >= 0.6 is 0 Å². The van der Waals surface area contributed by atoms with Crippen molar-refractivity contribution >= 4 is 0 Å². The summed E-state index contributed by atoms with van der Waals surface area (Å²) in [6, 6.07) is 9.13. The molecule has 0 aliphatic heterocycles. The number of quaternary nitrogens is 1. The molecule has 0 radical (unpaired) electrons. The van der Waals surface area contributed by atoms with Crippen LogP contribution in [-0.2, 0) is 22.4 Å². The van der Waals surface area contributed by atoms with Crippen molar-refractivity contribution in [3.63, 3.8) is 0 Å². The molecule has 0 spiro atoms. The van der Waals surface area contributed by atoms with E-state index < -0.39 is 0 Å². The van der Waals surface area contributed by atoms with Crippen LogP contribution in [0.25, 0.3) is 0 Å². The zero-order valence-electron chi connectivity index (χ0n) is 21.1. The zero-order chi connectivity index (χ0) is 22.0. The molecule has 0 heterocycles. The Hall–Kier alpha value is -1.17. The van der Waals surface area contributed by atoms with Crippen LogP contribution in [0.4, 0.5) is 0 Å². The summed E-state index contributed by atoms with van der Waals surface area (Å²) < 4.78 is 13.1. The van der Waals surface area contributed by atoms with Crippen molar-refractivity contribution < 1.29 is 31.8 Å². The second-order valence-electron chi connectivity index (χ2n) is 10.3. The number of benzene rings is 1. The van der Waals surface area contributed by atoms with Gasteiger partial charge in [-0.15, -0.1) is 0 Å². The molecule has 32 heavy (non-hydrogen) atoms. The molecule has 2 N–H and O–H groups in total. The van der Waals surface area contributed by atoms with E-state index in [4.69, 9.17) is 9.47 Å². The third-order valence-corrected chi connectivity index (χ3v) is 5.60. The molecule has 4 nitrogen and oxygen atoms in total. The number of likely N-dealkylation sites (N-methyl/N-ethyl adjacent to an activating group) is 1. The van der Waals surface area contributed by atoms with E-state index in [1.54, 1.807) is 0 Å². The third-order valence-electron chi connectivity index (χ3n) is 5.60. The van der Waals surface area contributed by atoms with E-state index in [0.717, 1.165) is 43.4 Å². The number of allylic oxidation sites excluding steroid dienone is 2. The van der Waals surface area contributed by atoms with Crippen molar-refractivity contribution in [3.8, 4) is 0 Å². The van der Waals surface area contributed by atoms with Gasteiger partial charge in [-0.25, -0.2) is 0 Å². The first-order valence-electron chi connectivity index (χ1n) is 11.7. The van der Waals surface area contributed by atoms with Gasteiger partial charge >= 0.3 is 0 Å². The Bertz CT molecular complexity index is 683. The van der Waals surface area contributed by atoms with Crippen molar-refractivity contribution in [2.24, 2.45) is 11.8 Å². The summed E-state index contributed by atoms with van der Waals surface area (Å²) in [5, 5.41) is 0. The summed E-state index contributed by atoms with van der Waals surface area (Å²) >= 11 is 0. The van der Waals surface area contributed by atoms with E-state index in [-0.39, 0.29) is 23.5 Å². The normalized spacial score (nSPS) is 18.0. The highest BCUT2D eigenvalue weighted by Gasteiger charge is 2.28. The van der Waals surface area contributed by atoms with Crippen LogP contribution in [0, 0.1) is 11.8 Å². The lowest BCUT2D eigenvalue weighted by atomic mass is 9.86. The zero-order valence-corrected chi connectivity index (χ0v) is 21.8. The lowest BCUT2D eigenvalue weighted by molar-refractivity contribution is -0.904. The van der Waals surface area contributed by atoms with Crippen molar-refractivity contribution in [1.29, 1.82) is 0 Å². The monoisotopic (exact) mass is 467 g/mol. The Kier molecular flexibility index (Phi) is 14.3. The highest BCUT2D eigenvalue weighted by molar-refractivity contribution is 5.22. The van der Waals surface area contributed by atoms with Crippen molar-refractivity contribution in [1.82, 2.24) is 0 Å². The molecule has 1 unspecified atom stereocenters. The molecule has 5 heteroatoms. The molecule has 1 atom stereocenters. The van der Waals surface area contributed by atoms with Crippen LogP contribution in [0.5, 0.6) is 0 Å². The molecule has 0 amide bonds. The maximum absolute atomic E-state index is 6.28. The van der Waals surface area contributed by atoms with Crippen LogP contribution in [0.15, 0.2) is 48.6 Å². The summed E-state index contributed by atoms with van der Waals surface area (Å²) in [4.78, 5) is 0. The van der Waals surface area contributed by atoms with E-state index >= 15 is 0 Å². The van der Waals surface area contributed by atoms with Gasteiger partial charge in [0.1, 0.15) is 13.1 Å². The minimum atomic E-state index is -0.149. The average molecular weight is 468 g/mol. The molecular formula is C27H46ClNO3. The maximum Gasteiger partial charge on any atom is 0.104 e. The van der Waals surface area contributed by atoms with Gasteiger partial charge in [0.25, 0.3) is 0 Å². The summed E-state index contributed by atoms with van der Waals surface area (Å²) in [7, 11) is 4.55. The van der Waals surface area contributed by atoms with Gasteiger partial charge in [-0.2, -0.15) is 0 Å². The predicted octanol–water partition coefficient (Wildman–Crippen LogP) is 1.98. The molecule has 0 bridgehead atoms. The van der Waals surface area contributed by atoms with Gasteiger partial charge in [0.2, 0.25) is 0 Å². The Balaban J connectivity index is 0.00000480. The lowest BCUT2D eigenvalue weighted by Gasteiger charge is -2.33. The largest absolute Gasteiger partial charge is 1.00 e. The number of nitrogens with zero attached hydrogens (tertiary/aromatic N) is 1. The van der Waals surface area contributed by atoms with E-state index in [1.807, 2.05) is 0 Å². The van der Waals surface area contributed by atoms with Crippen LogP contribution < -0.4 is 12.4 Å². The number of ether oxygens (including phenoxy) is 2. The Morgan fingerprint density at radius 1 is 0.906 bits per heavy atom. The molecule has 0 saturated carbocycles. The number of halogens is 1. The fraction of sp³-hybridized carbons (Fsp3) is 0.630. The fourth-order valence-corrected chi connectivity index (χ4v) is 4.20. The van der Waals surface area contributed by atoms with E-state index in [0.29, 0.717) is 25.0 Å². The van der Waals surface area contributed by atoms with Crippen LogP contribution in [0.2, 0.25) is 0 Å². The quantitative estimate of drug-likeness (QED) is 0.329. The first kappa shape index (κ1) is 30.8. The van der Waals surface area contributed by atoms with Gasteiger partial charge < -0.3 is 31.8 Å². The third kappa shape index (κ3) is 11.6. The minimum Gasteiger partial charge on any atom is -1.00 e. The minimum absolute atomic E-state index is 0. The topological polar surface area (TPSA) is 50.0 Å². The van der Waals surface area contributed by atoms with E-state index in [2.05, 4.69) is 90.4 Å². The standard InChI is InChI=1S/C27H44NO2.ClH.H2O/c1-23(2)20-25-10-12-26(13-11-25)22-28(5,6)16-17-29-18-19-30-27(21-24(3)4)14-8-7-9-15-27;;/h7-14,23-24H,15-22H2,1-6H3;1H;1H2/q+1;;/p-1. The smallest absolute Gasteiger partial charge is 0.104 e. The summed E-state index contributed by atoms with van der Waals surface area (Å²) in [5.74, 6) is 1.31. The molecule has 0 aromatic heterocycles. The molecule has 1 aromatic rings. The van der Waals surface area contributed by atoms with Gasteiger partial charge in [0.15, 0.2) is 0 Å². The first-order chi connectivity index (χ1) is 14.2. The summed E-state index contributed by atoms with van der Waals surface area (Å²) in [6.07, 6.45) is 11.8. The highest BCUT2D eigenvalue weighted by atomic mass is 35.5. The number of rotatable bonds is 13. The number of hydrogen-bond donors (Lipinski definition) is 0. The van der Waals surface area contributed by atoms with Crippen LogP contribution in [0.1, 0.15) is 51.7 Å². The van der Waals surface area contributed by atoms with Gasteiger partial charge in [-0.3, -0.25) is 0 Å². The van der Waals surface area contributed by atoms with Crippen molar-refractivity contribution in [2.75, 3.05) is 40.5 Å². The average Bonchev–Trinajstić information content (AvgIpc) is 2.66. The molecule has 2 rings (SSSR count). The molecule has 1 aliphatic rings. The Morgan fingerprint density at radius 3 is 2.12 bits per heavy atom. The Morgan fingerprint density at radius 2 is 1.56 bits per heavy atom. The van der Waals surface area contributed by atoms with Gasteiger partial charge in [0, 0.05) is 5.56 Å². The SMILES string of the molecule is CC(C)Cc1ccc(C[N+](C)(C)CCOCCOC2(CC(C)C)C=CC=CC2)cc1.O.[Cl-].